The van der Waals surface area contributed by atoms with Crippen molar-refractivity contribution >= 4 is 38.2 Å². The smallest absolute Gasteiger partial charge is 0.252 e. The fourth-order valence-electron chi connectivity index (χ4n) is 15.3. The molecule has 34 rings (SSSR count). The summed E-state index contributed by atoms with van der Waals surface area (Å²) < 4.78 is 93.9. The number of nitrogens with one attached hydrogen (secondary N) is 1. The Balaban J connectivity index is 0.806. The van der Waals surface area contributed by atoms with Gasteiger partial charge in [-0.3, -0.25) is 4.79 Å². The normalized spacial score (nSPS) is 48.1. The van der Waals surface area contributed by atoms with Gasteiger partial charge in [-0.25, -0.2) is 0 Å². The van der Waals surface area contributed by atoms with Gasteiger partial charge in [0, 0.05) is 5.56 Å². The molecule has 0 aliphatic carbocycles. The molecule has 30 aliphatic rings. The first-order valence-electron chi connectivity index (χ1n) is 34.3. The number of aliphatic hydroxyl groups excluding tert-OH is 23. The van der Waals surface area contributed by atoms with Crippen LogP contribution >= 0.6 is 0 Å². The Bertz CT molecular complexity index is 3500. The van der Waals surface area contributed by atoms with Crippen molar-refractivity contribution in [2.75, 3.05) is 52.9 Å². The standard InChI is InChI=1S/C65H89NO40/c67-10-23-49-33(66-57(90)22-9-7-20-5-4-18-2-1-3-19-6-8-21(22)32(20)31(18)19)34(75)58(91-23)100-50-24(11-68)93-60(43(84)36(50)77)102-52-26(13-70)95-62(45(86)38(52)79)104-54-28(15-72)97-64(47(88)40(54)81)106-56-30(17-74)98-65(48(89)41(56)82)105-55-29(16-73)96-63(46(87)39(55)80)103-53-27(14-71)94-61(44(85)37(53)78)101-51-25(12-69)92-59(99-49)42(83)35(51)76/h1-9,23-30,33-56,58-65,67-89H,10-17H2,(H,66,90)/t23-,24-,25-,26-,27-,28-,29-,30-,33-,34-,35-,36-,37-,38-,39-,40-,41-,42-,43-,44-,45-,46-,47-,48-,49-,50-,51-,52-,53-,54-,55-,56-,58-,59-,60-,61-,62-,63-,64-,65-/m1/s1. The first-order chi connectivity index (χ1) is 50.8. The topological polar surface area (TPSA) is 642 Å². The third kappa shape index (κ3) is 14.8. The minimum absolute atomic E-state index is 0.0176. The molecular weight excluding hydrogens is 1430 g/mol. The molecular formula is C65H89NO40. The Morgan fingerprint density at radius 1 is 0.255 bits per heavy atom. The van der Waals surface area contributed by atoms with Gasteiger partial charge in [0.2, 0.25) is 0 Å². The van der Waals surface area contributed by atoms with E-state index in [-0.39, 0.29) is 5.56 Å². The summed E-state index contributed by atoms with van der Waals surface area (Å²) in [6, 6.07) is 14.1. The molecule has 4 aromatic rings. The fourth-order valence-corrected chi connectivity index (χ4v) is 15.3. The van der Waals surface area contributed by atoms with Crippen molar-refractivity contribution in [3.05, 3.63) is 60.2 Å². The van der Waals surface area contributed by atoms with Gasteiger partial charge < -0.3 is 199 Å². The Hall–Kier alpha value is -4.17. The van der Waals surface area contributed by atoms with Gasteiger partial charge in [0.05, 0.1) is 58.9 Å². The second-order valence-corrected chi connectivity index (χ2v) is 27.4. The van der Waals surface area contributed by atoms with Gasteiger partial charge in [-0.15, -0.1) is 0 Å². The highest BCUT2D eigenvalue weighted by molar-refractivity contribution is 6.26. The molecule has 0 saturated carbocycles. The van der Waals surface area contributed by atoms with Crippen LogP contribution in [0.15, 0.2) is 54.6 Å². The van der Waals surface area contributed by atoms with Crippen molar-refractivity contribution in [1.82, 2.24) is 5.32 Å². The summed E-state index contributed by atoms with van der Waals surface area (Å²) in [6.45, 7) is -8.83. The van der Waals surface area contributed by atoms with Crippen molar-refractivity contribution < 1.29 is 198 Å². The maximum atomic E-state index is 15.0. The summed E-state index contributed by atoms with van der Waals surface area (Å²) in [5, 5.41) is 268. The number of carbonyl (C=O) groups is 1. The Kier molecular flexibility index (Phi) is 25.1. The second-order valence-electron chi connectivity index (χ2n) is 27.4. The van der Waals surface area contributed by atoms with Crippen molar-refractivity contribution in [3.8, 4) is 0 Å². The molecule has 40 atom stereocenters. The third-order valence-corrected chi connectivity index (χ3v) is 21.0. The van der Waals surface area contributed by atoms with Crippen LogP contribution in [0.2, 0.25) is 0 Å². The van der Waals surface area contributed by atoms with E-state index in [0.717, 1.165) is 21.5 Å². The van der Waals surface area contributed by atoms with Crippen LogP contribution in [0, 0.1) is 0 Å². The van der Waals surface area contributed by atoms with Gasteiger partial charge in [0.15, 0.2) is 50.3 Å². The molecule has 41 heteroatoms. The summed E-state index contributed by atoms with van der Waals surface area (Å²) in [7, 11) is 0. The molecule has 106 heavy (non-hydrogen) atoms. The first kappa shape index (κ1) is 79.9. The van der Waals surface area contributed by atoms with Crippen LogP contribution in [0.1, 0.15) is 10.4 Å². The SMILES string of the molecule is O=C(N[C@@H]1[C@@H](O)[C@H]2O[C@H]3[C@H](O)[C@@H](O)[C@@H](O[C@H]4[C@H](O)[C@@H](O)[C@@H](O[C@H]5[C@H](O)[C@@H](O)[C@@H](O[C@H]6[C@H](O)[C@@H](O)[C@@H](O[C@H]7[C@H](O)[C@@H](O)[C@@H](O[C@H]8[C@H](O)[C@@H](O)[C@@H](O[C@H]9[C@H](O)[C@@H](O)[C@@H](O[C@@H]1[C@@H](CO)O2)O[C@@H]9CO)O[C@@H]8CO)O[C@@H]7CO)O[C@@H]6CO)O[C@@H]5CO)O[C@@H]4CO)O[C@@H]3CO)c1ccc2ccc3cccc4ccc1c2c34. The number of aliphatic hydroxyl groups is 23. The second kappa shape index (κ2) is 33.3. The van der Waals surface area contributed by atoms with Crippen LogP contribution < -0.4 is 5.32 Å². The molecule has 0 spiro atoms. The molecule has 0 radical (unpaired) electrons. The van der Waals surface area contributed by atoms with E-state index < -0.39 is 304 Å². The summed E-state index contributed by atoms with van der Waals surface area (Å²) in [5.41, 5.74) is 0.0176. The summed E-state index contributed by atoms with van der Waals surface area (Å²) >= 11 is 0. The number of ether oxygens (including phenoxy) is 16. The summed E-state index contributed by atoms with van der Waals surface area (Å²) in [6.07, 6.45) is -81.1. The van der Waals surface area contributed by atoms with Crippen LogP contribution in [0.5, 0.6) is 0 Å². The van der Waals surface area contributed by atoms with Crippen molar-refractivity contribution in [2.24, 2.45) is 0 Å². The van der Waals surface area contributed by atoms with E-state index in [1.165, 1.54) is 6.07 Å². The molecule has 30 heterocycles. The van der Waals surface area contributed by atoms with Crippen molar-refractivity contribution in [2.45, 2.75) is 246 Å². The Morgan fingerprint density at radius 2 is 0.472 bits per heavy atom. The zero-order chi connectivity index (χ0) is 75.8. The van der Waals surface area contributed by atoms with Gasteiger partial charge in [-0.05, 0) is 38.4 Å². The van der Waals surface area contributed by atoms with E-state index in [1.54, 1.807) is 18.2 Å². The fraction of sp³-hybridized carbons (Fsp3) is 0.738. The number of hydrogen-bond donors (Lipinski definition) is 24. The van der Waals surface area contributed by atoms with Gasteiger partial charge in [0.1, 0.15) is 189 Å². The van der Waals surface area contributed by atoms with Gasteiger partial charge in [-0.1, -0.05) is 48.5 Å². The molecule has 30 saturated heterocycles. The number of rotatable bonds is 10. The highest BCUT2D eigenvalue weighted by Gasteiger charge is 2.61. The predicted octanol–water partition coefficient (Wildman–Crippen LogP) is -13.1. The van der Waals surface area contributed by atoms with Gasteiger partial charge >= 0.3 is 0 Å². The Morgan fingerprint density at radius 3 is 0.736 bits per heavy atom. The maximum Gasteiger partial charge on any atom is 0.252 e. The molecule has 16 bridgehead atoms. The molecule has 41 nitrogen and oxygen atoms in total. The lowest BCUT2D eigenvalue weighted by Crippen LogP contribution is -2.70. The summed E-state index contributed by atoms with van der Waals surface area (Å²) in [4.78, 5) is 15.0. The lowest BCUT2D eigenvalue weighted by Gasteiger charge is -2.51. The number of hydrogen-bond acceptors (Lipinski definition) is 40. The molecule has 30 fully saturated rings. The first-order valence-corrected chi connectivity index (χ1v) is 34.3. The average molecular weight is 1520 g/mol. The van der Waals surface area contributed by atoms with Crippen molar-refractivity contribution in [1.29, 1.82) is 0 Å². The molecule has 0 aromatic heterocycles. The number of amides is 1. The third-order valence-electron chi connectivity index (χ3n) is 21.0. The minimum Gasteiger partial charge on any atom is -0.394 e. The van der Waals surface area contributed by atoms with Crippen LogP contribution in [0.4, 0.5) is 0 Å². The number of carbonyl (C=O) groups excluding carboxylic acids is 1. The van der Waals surface area contributed by atoms with E-state index in [2.05, 4.69) is 5.32 Å². The van der Waals surface area contributed by atoms with E-state index in [4.69, 9.17) is 75.8 Å². The lowest BCUT2D eigenvalue weighted by molar-refractivity contribution is -0.402. The number of benzene rings is 4. The van der Waals surface area contributed by atoms with Crippen molar-refractivity contribution in [3.63, 3.8) is 0 Å². The monoisotopic (exact) mass is 1520 g/mol. The van der Waals surface area contributed by atoms with Crippen LogP contribution in [0.25, 0.3) is 32.3 Å². The molecule has 0 unspecified atom stereocenters. The maximum absolute atomic E-state index is 15.0. The molecule has 30 aliphatic heterocycles. The van der Waals surface area contributed by atoms with E-state index in [0.29, 0.717) is 10.8 Å². The molecule has 594 valence electrons. The quantitative estimate of drug-likeness (QED) is 0.0656. The Labute approximate surface area is 598 Å². The van der Waals surface area contributed by atoms with Gasteiger partial charge in [-0.2, -0.15) is 0 Å². The van der Waals surface area contributed by atoms with E-state index in [9.17, 15) is 117 Å². The highest BCUT2D eigenvalue weighted by Crippen LogP contribution is 2.42. The molecule has 24 N–H and O–H groups in total. The van der Waals surface area contributed by atoms with Crippen LogP contribution in [-0.4, -0.2) is 422 Å². The largest absolute Gasteiger partial charge is 0.394 e. The predicted molar refractivity (Wildman–Crippen MR) is 336 cm³/mol. The highest BCUT2D eigenvalue weighted by atomic mass is 16.8. The zero-order valence-corrected chi connectivity index (χ0v) is 55.7. The average Bonchev–Trinajstić information content (AvgIpc) is 0.738. The molecule has 4 aromatic carbocycles. The van der Waals surface area contributed by atoms with Crippen LogP contribution in [0.3, 0.4) is 0 Å². The van der Waals surface area contributed by atoms with Gasteiger partial charge in [0.25, 0.3) is 5.91 Å². The van der Waals surface area contributed by atoms with E-state index in [1.807, 2.05) is 30.3 Å². The van der Waals surface area contributed by atoms with E-state index >= 15 is 4.79 Å². The lowest BCUT2D eigenvalue weighted by atomic mass is 9.91. The summed E-state index contributed by atoms with van der Waals surface area (Å²) in [5.74, 6) is -0.912. The zero-order valence-electron chi connectivity index (χ0n) is 55.7. The van der Waals surface area contributed by atoms with Crippen LogP contribution in [-0.2, 0) is 75.8 Å². The molecule has 1 amide bonds. The minimum atomic E-state index is -2.32.